The number of amidine groups is 1. The Morgan fingerprint density at radius 1 is 1.00 bits per heavy atom. The lowest BCUT2D eigenvalue weighted by Crippen LogP contribution is -2.27. The number of aliphatic imine (C=N–C) groups is 1. The zero-order chi connectivity index (χ0) is 19.1. The standard InChI is InChI=1S/C23H20N4/c1-27(17-26-16-18-7-3-2-4-8-18)23(25)22-12-6-11-21(14-22)20-10-5-9-19(13-20)15-24/h2-14,16,25H,17H2,1H3/b25-23?,26-16+. The van der Waals surface area contributed by atoms with Gasteiger partial charge in [0.25, 0.3) is 0 Å². The molecule has 0 aliphatic heterocycles. The lowest BCUT2D eigenvalue weighted by atomic mass is 10.0. The highest BCUT2D eigenvalue weighted by molar-refractivity contribution is 5.97. The summed E-state index contributed by atoms with van der Waals surface area (Å²) in [4.78, 5) is 6.21. The summed E-state index contributed by atoms with van der Waals surface area (Å²) in [5, 5.41) is 17.5. The van der Waals surface area contributed by atoms with Gasteiger partial charge in [-0.15, -0.1) is 0 Å². The molecule has 0 bridgehead atoms. The zero-order valence-electron chi connectivity index (χ0n) is 15.1. The molecule has 0 aliphatic carbocycles. The number of nitrogens with one attached hydrogen (secondary N) is 1. The van der Waals surface area contributed by atoms with Crippen LogP contribution < -0.4 is 0 Å². The number of benzene rings is 3. The molecule has 132 valence electrons. The minimum Gasteiger partial charge on any atom is -0.340 e. The average molecular weight is 352 g/mol. The first-order chi connectivity index (χ1) is 13.2. The summed E-state index contributed by atoms with van der Waals surface area (Å²) in [5.41, 5.74) is 4.42. The van der Waals surface area contributed by atoms with Gasteiger partial charge in [-0.05, 0) is 34.9 Å². The Morgan fingerprint density at radius 2 is 1.70 bits per heavy atom. The Kier molecular flexibility index (Phi) is 5.76. The molecule has 0 radical (unpaired) electrons. The minimum atomic E-state index is 0.401. The summed E-state index contributed by atoms with van der Waals surface area (Å²) in [6, 6.07) is 27.3. The first-order valence-electron chi connectivity index (χ1n) is 8.63. The average Bonchev–Trinajstić information content (AvgIpc) is 2.74. The third kappa shape index (κ3) is 4.68. The van der Waals surface area contributed by atoms with Crippen molar-refractivity contribution in [3.05, 3.63) is 95.6 Å². The second kappa shape index (κ2) is 8.59. The summed E-state index contributed by atoms with van der Waals surface area (Å²) in [6.07, 6.45) is 1.81. The number of hydrogen-bond acceptors (Lipinski definition) is 3. The largest absolute Gasteiger partial charge is 0.340 e. The molecule has 0 spiro atoms. The summed E-state index contributed by atoms with van der Waals surface area (Å²) < 4.78 is 0. The van der Waals surface area contributed by atoms with Gasteiger partial charge in [-0.25, -0.2) is 0 Å². The highest BCUT2D eigenvalue weighted by Gasteiger charge is 2.08. The van der Waals surface area contributed by atoms with Crippen LogP contribution in [0.15, 0.2) is 83.9 Å². The second-order valence-electron chi connectivity index (χ2n) is 6.18. The highest BCUT2D eigenvalue weighted by Crippen LogP contribution is 2.22. The highest BCUT2D eigenvalue weighted by atomic mass is 15.2. The van der Waals surface area contributed by atoms with E-state index < -0.39 is 0 Å². The van der Waals surface area contributed by atoms with E-state index >= 15 is 0 Å². The fourth-order valence-electron chi connectivity index (χ4n) is 2.71. The number of hydrogen-bond donors (Lipinski definition) is 1. The van der Waals surface area contributed by atoms with Crippen molar-refractivity contribution < 1.29 is 0 Å². The molecule has 4 heteroatoms. The van der Waals surface area contributed by atoms with Crippen LogP contribution in [0.5, 0.6) is 0 Å². The van der Waals surface area contributed by atoms with Crippen molar-refractivity contribution in [2.75, 3.05) is 13.7 Å². The minimum absolute atomic E-state index is 0.401. The van der Waals surface area contributed by atoms with E-state index in [1.165, 1.54) is 0 Å². The first-order valence-corrected chi connectivity index (χ1v) is 8.63. The Balaban J connectivity index is 1.73. The van der Waals surface area contributed by atoms with Crippen molar-refractivity contribution in [1.82, 2.24) is 4.90 Å². The maximum absolute atomic E-state index is 9.09. The molecule has 0 aromatic heterocycles. The van der Waals surface area contributed by atoms with Crippen LogP contribution in [-0.4, -0.2) is 30.7 Å². The molecule has 3 aromatic carbocycles. The molecule has 0 unspecified atom stereocenters. The van der Waals surface area contributed by atoms with E-state index in [0.29, 0.717) is 18.1 Å². The molecule has 27 heavy (non-hydrogen) atoms. The van der Waals surface area contributed by atoms with Crippen molar-refractivity contribution >= 4 is 12.1 Å². The van der Waals surface area contributed by atoms with E-state index in [1.54, 1.807) is 11.0 Å². The molecule has 0 fully saturated rings. The fourth-order valence-corrected chi connectivity index (χ4v) is 2.71. The van der Waals surface area contributed by atoms with E-state index in [1.807, 2.05) is 86.1 Å². The Hall–Kier alpha value is -3.71. The van der Waals surface area contributed by atoms with Crippen molar-refractivity contribution in [2.45, 2.75) is 0 Å². The predicted octanol–water partition coefficient (Wildman–Crippen LogP) is 4.56. The normalized spacial score (nSPS) is 10.5. The van der Waals surface area contributed by atoms with Crippen LogP contribution in [0.1, 0.15) is 16.7 Å². The molecule has 0 saturated carbocycles. The van der Waals surface area contributed by atoms with Crippen molar-refractivity contribution in [1.29, 1.82) is 10.7 Å². The molecule has 0 atom stereocenters. The van der Waals surface area contributed by atoms with Crippen molar-refractivity contribution in [3.8, 4) is 17.2 Å². The Bertz CT molecular complexity index is 1000. The van der Waals surface area contributed by atoms with Gasteiger partial charge in [0.1, 0.15) is 12.5 Å². The second-order valence-corrected chi connectivity index (χ2v) is 6.18. The van der Waals surface area contributed by atoms with Crippen molar-refractivity contribution in [3.63, 3.8) is 0 Å². The maximum Gasteiger partial charge on any atom is 0.129 e. The van der Waals surface area contributed by atoms with E-state index in [-0.39, 0.29) is 0 Å². The molecule has 0 amide bonds. The Morgan fingerprint density at radius 3 is 2.44 bits per heavy atom. The maximum atomic E-state index is 9.09. The SMILES string of the molecule is CN(C/N=C/c1ccccc1)C(=N)c1cccc(-c2cccc(C#N)c2)c1. The van der Waals surface area contributed by atoms with E-state index in [4.69, 9.17) is 10.7 Å². The third-order valence-corrected chi connectivity index (χ3v) is 4.18. The zero-order valence-corrected chi connectivity index (χ0v) is 15.1. The lowest BCUT2D eigenvalue weighted by molar-refractivity contribution is 0.522. The van der Waals surface area contributed by atoms with Crippen LogP contribution in [0.4, 0.5) is 0 Å². The van der Waals surface area contributed by atoms with E-state index in [0.717, 1.165) is 22.3 Å². The van der Waals surface area contributed by atoms with Gasteiger partial charge in [0, 0.05) is 18.8 Å². The van der Waals surface area contributed by atoms with Gasteiger partial charge < -0.3 is 4.90 Å². The quantitative estimate of drug-likeness (QED) is 0.540. The molecular formula is C23H20N4. The summed E-state index contributed by atoms with van der Waals surface area (Å²) in [6.45, 7) is 0.405. The molecule has 3 aromatic rings. The molecule has 4 nitrogen and oxygen atoms in total. The van der Waals surface area contributed by atoms with Crippen molar-refractivity contribution in [2.24, 2.45) is 4.99 Å². The van der Waals surface area contributed by atoms with Gasteiger partial charge in [0.05, 0.1) is 11.6 Å². The van der Waals surface area contributed by atoms with Crippen LogP contribution in [-0.2, 0) is 0 Å². The number of nitriles is 1. The topological polar surface area (TPSA) is 63.2 Å². The van der Waals surface area contributed by atoms with Crippen LogP contribution in [0.25, 0.3) is 11.1 Å². The molecule has 0 aliphatic rings. The van der Waals surface area contributed by atoms with Crippen LogP contribution in [0.2, 0.25) is 0 Å². The lowest BCUT2D eigenvalue weighted by Gasteiger charge is -2.18. The summed E-state index contributed by atoms with van der Waals surface area (Å²) in [5.74, 6) is 0.401. The van der Waals surface area contributed by atoms with Gasteiger partial charge >= 0.3 is 0 Å². The fraction of sp³-hybridized carbons (Fsp3) is 0.0870. The van der Waals surface area contributed by atoms with Crippen LogP contribution in [0.3, 0.4) is 0 Å². The Labute approximate surface area is 159 Å². The van der Waals surface area contributed by atoms with Gasteiger partial charge in [0.15, 0.2) is 0 Å². The van der Waals surface area contributed by atoms with Gasteiger partial charge in [-0.1, -0.05) is 60.7 Å². The number of rotatable bonds is 5. The van der Waals surface area contributed by atoms with Gasteiger partial charge in [0.2, 0.25) is 0 Å². The molecular weight excluding hydrogens is 332 g/mol. The smallest absolute Gasteiger partial charge is 0.129 e. The summed E-state index contributed by atoms with van der Waals surface area (Å²) >= 11 is 0. The molecule has 3 rings (SSSR count). The molecule has 0 saturated heterocycles. The molecule has 1 N–H and O–H groups in total. The van der Waals surface area contributed by atoms with Crippen LogP contribution >= 0.6 is 0 Å². The van der Waals surface area contributed by atoms with E-state index in [2.05, 4.69) is 11.1 Å². The number of nitrogens with zero attached hydrogens (tertiary/aromatic N) is 3. The first kappa shape index (κ1) is 18.1. The predicted molar refractivity (Wildman–Crippen MR) is 110 cm³/mol. The molecule has 0 heterocycles. The van der Waals surface area contributed by atoms with Crippen LogP contribution in [0, 0.1) is 16.7 Å². The monoisotopic (exact) mass is 352 g/mol. The summed E-state index contributed by atoms with van der Waals surface area (Å²) in [7, 11) is 1.85. The van der Waals surface area contributed by atoms with E-state index in [9.17, 15) is 0 Å². The third-order valence-electron chi connectivity index (χ3n) is 4.18. The van der Waals surface area contributed by atoms with Gasteiger partial charge in [-0.2, -0.15) is 5.26 Å². The van der Waals surface area contributed by atoms with Gasteiger partial charge in [-0.3, -0.25) is 10.4 Å².